The maximum atomic E-state index is 5.62. The summed E-state index contributed by atoms with van der Waals surface area (Å²) < 4.78 is 11.2. The van der Waals surface area contributed by atoms with Gasteiger partial charge < -0.3 is 9.47 Å². The normalized spacial score (nSPS) is 13.0. The van der Waals surface area contributed by atoms with Crippen molar-refractivity contribution in [3.8, 4) is 0 Å². The summed E-state index contributed by atoms with van der Waals surface area (Å²) >= 11 is 3.49. The van der Waals surface area contributed by atoms with Crippen LogP contribution in [0.2, 0.25) is 0 Å². The molecule has 0 aliphatic carbocycles. The Hall–Kier alpha value is -1.07. The number of rotatable bonds is 16. The van der Waals surface area contributed by atoms with Gasteiger partial charge >= 0.3 is 0 Å². The molecule has 0 spiro atoms. The number of ether oxygens (including phenoxy) is 2. The molecule has 146 valence electrons. The van der Waals surface area contributed by atoms with E-state index in [0.717, 1.165) is 34.4 Å². The van der Waals surface area contributed by atoms with Gasteiger partial charge in [0, 0.05) is 11.5 Å². The van der Waals surface area contributed by atoms with Crippen molar-refractivity contribution >= 4 is 23.5 Å². The van der Waals surface area contributed by atoms with Crippen molar-refractivity contribution in [2.24, 2.45) is 0 Å². The Morgan fingerprint density at radius 3 is 1.77 bits per heavy atom. The van der Waals surface area contributed by atoms with Crippen LogP contribution in [0.1, 0.15) is 52.4 Å². The third kappa shape index (κ3) is 10.2. The molecule has 5 heteroatoms. The van der Waals surface area contributed by atoms with Crippen molar-refractivity contribution in [1.82, 2.24) is 4.98 Å². The molecule has 0 aliphatic heterocycles. The van der Waals surface area contributed by atoms with Gasteiger partial charge in [-0.1, -0.05) is 58.8 Å². The molecule has 2 atom stereocenters. The van der Waals surface area contributed by atoms with Crippen LogP contribution >= 0.6 is 23.5 Å². The summed E-state index contributed by atoms with van der Waals surface area (Å²) in [7, 11) is 0. The molecule has 1 aromatic heterocycles. The van der Waals surface area contributed by atoms with Crippen LogP contribution in [0.3, 0.4) is 0 Å². The molecule has 26 heavy (non-hydrogen) atoms. The smallest absolute Gasteiger partial charge is 0.107 e. The Morgan fingerprint density at radius 2 is 1.38 bits per heavy atom. The molecule has 0 aliphatic rings. The van der Waals surface area contributed by atoms with Crippen LogP contribution in [-0.4, -0.2) is 28.7 Å². The van der Waals surface area contributed by atoms with E-state index in [1.165, 1.54) is 25.7 Å². The molecule has 0 N–H and O–H groups in total. The summed E-state index contributed by atoms with van der Waals surface area (Å²) in [6, 6.07) is 6.20. The highest BCUT2D eigenvalue weighted by atomic mass is 32.2. The lowest BCUT2D eigenvalue weighted by molar-refractivity contribution is 0.155. The number of pyridine rings is 1. The zero-order chi connectivity index (χ0) is 19.0. The quantitative estimate of drug-likeness (QED) is 0.229. The molecule has 0 fully saturated rings. The lowest BCUT2D eigenvalue weighted by Gasteiger charge is -2.16. The Balaban J connectivity index is 2.52. The van der Waals surface area contributed by atoms with E-state index in [9.17, 15) is 0 Å². The third-order valence-electron chi connectivity index (χ3n) is 3.87. The summed E-state index contributed by atoms with van der Waals surface area (Å²) in [6.07, 6.45) is 10.3. The summed E-state index contributed by atoms with van der Waals surface area (Å²) in [5, 5.41) is 2.08. The second kappa shape index (κ2) is 15.0. The van der Waals surface area contributed by atoms with Crippen LogP contribution in [0, 0.1) is 0 Å². The molecule has 0 amide bonds. The van der Waals surface area contributed by atoms with Crippen molar-refractivity contribution in [3.63, 3.8) is 0 Å². The van der Waals surface area contributed by atoms with Crippen LogP contribution in [0.4, 0.5) is 0 Å². The first-order valence-electron chi connectivity index (χ1n) is 9.48. The first kappa shape index (κ1) is 23.0. The number of nitrogens with zero attached hydrogens (tertiary/aromatic N) is 1. The van der Waals surface area contributed by atoms with Crippen LogP contribution in [0.25, 0.3) is 0 Å². The van der Waals surface area contributed by atoms with E-state index in [1.54, 1.807) is 36.0 Å². The molecule has 2 unspecified atom stereocenters. The molecular formula is C21H33NO2S2. The molecule has 1 heterocycles. The summed E-state index contributed by atoms with van der Waals surface area (Å²) in [4.78, 5) is 4.76. The highest BCUT2D eigenvalue weighted by Crippen LogP contribution is 2.25. The molecule has 0 aromatic carbocycles. The monoisotopic (exact) mass is 395 g/mol. The number of unbranched alkanes of at least 4 members (excludes halogenated alkanes) is 2. The predicted octanol–water partition coefficient (Wildman–Crippen LogP) is 6.70. The zero-order valence-corrected chi connectivity index (χ0v) is 17.8. The van der Waals surface area contributed by atoms with Crippen molar-refractivity contribution in [2.45, 2.75) is 74.6 Å². The molecule has 0 saturated carbocycles. The number of hydrogen-bond donors (Lipinski definition) is 0. The fourth-order valence-electron chi connectivity index (χ4n) is 2.43. The van der Waals surface area contributed by atoms with Gasteiger partial charge in [0.05, 0.1) is 22.6 Å². The van der Waals surface area contributed by atoms with E-state index in [0.29, 0.717) is 0 Å². The van der Waals surface area contributed by atoms with Gasteiger partial charge in [0.15, 0.2) is 0 Å². The standard InChI is InChI=1S/C21H33NO2S2/c1-5-9-12-18(23-7-3)16-25-20-14-11-15-21(22-20)26-17-19(24-8-4)13-10-6-2/h7-8,11,14-15,18-19H,3-6,9-10,12-13,16-17H2,1-2H3. The Kier molecular flexibility index (Phi) is 13.3. The second-order valence-corrected chi connectivity index (χ2v) is 8.15. The Morgan fingerprint density at radius 1 is 0.923 bits per heavy atom. The topological polar surface area (TPSA) is 31.4 Å². The Labute approximate surface area is 168 Å². The van der Waals surface area contributed by atoms with E-state index in [2.05, 4.69) is 45.2 Å². The van der Waals surface area contributed by atoms with Gasteiger partial charge in [-0.05, 0) is 25.0 Å². The van der Waals surface area contributed by atoms with Gasteiger partial charge in [-0.25, -0.2) is 4.98 Å². The zero-order valence-electron chi connectivity index (χ0n) is 16.2. The average Bonchev–Trinajstić information content (AvgIpc) is 2.66. The molecular weight excluding hydrogens is 362 g/mol. The lowest BCUT2D eigenvalue weighted by Crippen LogP contribution is -2.13. The highest BCUT2D eigenvalue weighted by molar-refractivity contribution is 7.99. The molecule has 1 rings (SSSR count). The number of aromatic nitrogens is 1. The first-order valence-corrected chi connectivity index (χ1v) is 11.5. The minimum absolute atomic E-state index is 0.204. The fraction of sp³-hybridized carbons (Fsp3) is 0.571. The average molecular weight is 396 g/mol. The molecule has 0 saturated heterocycles. The van der Waals surface area contributed by atoms with E-state index in [4.69, 9.17) is 14.5 Å². The van der Waals surface area contributed by atoms with Gasteiger partial charge in [-0.3, -0.25) is 0 Å². The van der Waals surface area contributed by atoms with Crippen LogP contribution in [-0.2, 0) is 9.47 Å². The van der Waals surface area contributed by atoms with Crippen molar-refractivity contribution in [1.29, 1.82) is 0 Å². The predicted molar refractivity (Wildman–Crippen MR) is 115 cm³/mol. The van der Waals surface area contributed by atoms with Crippen LogP contribution in [0.15, 0.2) is 53.9 Å². The molecule has 0 bridgehead atoms. The molecule has 0 radical (unpaired) electrons. The van der Waals surface area contributed by atoms with Gasteiger partial charge in [0.25, 0.3) is 0 Å². The minimum Gasteiger partial charge on any atom is -0.498 e. The summed E-state index contributed by atoms with van der Waals surface area (Å²) in [5.74, 6) is 1.79. The van der Waals surface area contributed by atoms with Gasteiger partial charge in [-0.2, -0.15) is 0 Å². The SMILES string of the molecule is C=COC(CCCC)CSc1cccc(SCC(CCCC)OC=C)n1. The van der Waals surface area contributed by atoms with Crippen molar-refractivity contribution in [2.75, 3.05) is 11.5 Å². The van der Waals surface area contributed by atoms with E-state index >= 15 is 0 Å². The van der Waals surface area contributed by atoms with Gasteiger partial charge in [0.1, 0.15) is 12.2 Å². The number of hydrogen-bond acceptors (Lipinski definition) is 5. The maximum Gasteiger partial charge on any atom is 0.107 e. The van der Waals surface area contributed by atoms with Crippen molar-refractivity contribution < 1.29 is 9.47 Å². The van der Waals surface area contributed by atoms with Gasteiger partial charge in [0.2, 0.25) is 0 Å². The van der Waals surface area contributed by atoms with E-state index in [-0.39, 0.29) is 12.2 Å². The molecule has 3 nitrogen and oxygen atoms in total. The summed E-state index contributed by atoms with van der Waals surface area (Å²) in [5.41, 5.74) is 0. The Bertz CT molecular complexity index is 469. The first-order chi connectivity index (χ1) is 12.7. The molecule has 1 aromatic rings. The van der Waals surface area contributed by atoms with Crippen LogP contribution in [0.5, 0.6) is 0 Å². The second-order valence-electron chi connectivity index (χ2n) is 6.07. The van der Waals surface area contributed by atoms with Crippen molar-refractivity contribution in [3.05, 3.63) is 43.9 Å². The van der Waals surface area contributed by atoms with E-state index in [1.807, 2.05) is 0 Å². The fourth-order valence-corrected chi connectivity index (χ4v) is 4.37. The highest BCUT2D eigenvalue weighted by Gasteiger charge is 2.11. The minimum atomic E-state index is 0.204. The van der Waals surface area contributed by atoms with E-state index < -0.39 is 0 Å². The largest absolute Gasteiger partial charge is 0.498 e. The summed E-state index contributed by atoms with van der Waals surface area (Å²) in [6.45, 7) is 11.8. The number of thioether (sulfide) groups is 2. The third-order valence-corrected chi connectivity index (χ3v) is 5.99. The lowest BCUT2D eigenvalue weighted by atomic mass is 10.2. The maximum absolute atomic E-state index is 5.62. The van der Waals surface area contributed by atoms with Gasteiger partial charge in [-0.15, -0.1) is 23.5 Å². The van der Waals surface area contributed by atoms with Crippen LogP contribution < -0.4 is 0 Å².